The minimum absolute atomic E-state index is 0.191. The van der Waals surface area contributed by atoms with Gasteiger partial charge in [0, 0.05) is 37.9 Å². The molecule has 2 unspecified atom stereocenters. The van der Waals surface area contributed by atoms with Crippen molar-refractivity contribution in [3.63, 3.8) is 0 Å². The monoisotopic (exact) mass is 345 g/mol. The minimum Gasteiger partial charge on any atom is -0.497 e. The molecule has 5 nitrogen and oxygen atoms in total. The Morgan fingerprint density at radius 2 is 1.80 bits per heavy atom. The molecule has 1 aromatic rings. The van der Waals surface area contributed by atoms with Crippen molar-refractivity contribution in [1.82, 2.24) is 10.2 Å². The molecule has 2 atom stereocenters. The summed E-state index contributed by atoms with van der Waals surface area (Å²) in [4.78, 5) is 17.0. The SMILES string of the molecule is COc1ccc(N2CCN(CC(=O)NC3CCCCC3C)CC2)cc1. The lowest BCUT2D eigenvalue weighted by Gasteiger charge is -2.36. The van der Waals surface area contributed by atoms with Crippen molar-refractivity contribution < 1.29 is 9.53 Å². The zero-order chi connectivity index (χ0) is 17.6. The van der Waals surface area contributed by atoms with Crippen LogP contribution in [0.25, 0.3) is 0 Å². The molecule has 25 heavy (non-hydrogen) atoms. The number of amides is 1. The summed E-state index contributed by atoms with van der Waals surface area (Å²) in [5.74, 6) is 1.69. The first-order valence-electron chi connectivity index (χ1n) is 9.56. The molecule has 0 aromatic heterocycles. The first-order chi connectivity index (χ1) is 12.2. The normalized spacial score (nSPS) is 24.8. The summed E-state index contributed by atoms with van der Waals surface area (Å²) >= 11 is 0. The van der Waals surface area contributed by atoms with Crippen molar-refractivity contribution >= 4 is 11.6 Å². The minimum atomic E-state index is 0.191. The standard InChI is InChI=1S/C20H31N3O2/c1-16-5-3-4-6-19(16)21-20(24)15-22-11-13-23(14-12-22)17-7-9-18(25-2)10-8-17/h7-10,16,19H,3-6,11-15H2,1-2H3,(H,21,24). The average molecular weight is 345 g/mol. The second-order valence-electron chi connectivity index (χ2n) is 7.40. The summed E-state index contributed by atoms with van der Waals surface area (Å²) < 4.78 is 5.22. The van der Waals surface area contributed by atoms with E-state index in [9.17, 15) is 4.79 Å². The maximum absolute atomic E-state index is 12.4. The van der Waals surface area contributed by atoms with Gasteiger partial charge in [-0.1, -0.05) is 19.8 Å². The van der Waals surface area contributed by atoms with Gasteiger partial charge in [0.2, 0.25) is 5.91 Å². The highest BCUT2D eigenvalue weighted by atomic mass is 16.5. The van der Waals surface area contributed by atoms with E-state index < -0.39 is 0 Å². The second-order valence-corrected chi connectivity index (χ2v) is 7.40. The molecular weight excluding hydrogens is 314 g/mol. The lowest BCUT2D eigenvalue weighted by molar-refractivity contribution is -0.123. The number of carbonyl (C=O) groups is 1. The van der Waals surface area contributed by atoms with E-state index in [1.54, 1.807) is 7.11 Å². The van der Waals surface area contributed by atoms with Crippen LogP contribution in [0.3, 0.4) is 0 Å². The van der Waals surface area contributed by atoms with Gasteiger partial charge in [-0.3, -0.25) is 9.69 Å². The largest absolute Gasteiger partial charge is 0.497 e. The van der Waals surface area contributed by atoms with E-state index in [4.69, 9.17) is 4.74 Å². The highest BCUT2D eigenvalue weighted by Gasteiger charge is 2.24. The summed E-state index contributed by atoms with van der Waals surface area (Å²) in [5.41, 5.74) is 1.22. The smallest absolute Gasteiger partial charge is 0.234 e. The Kier molecular flexibility index (Phi) is 6.19. The fourth-order valence-corrected chi connectivity index (χ4v) is 3.94. The highest BCUT2D eigenvalue weighted by molar-refractivity contribution is 5.78. The molecule has 5 heteroatoms. The van der Waals surface area contributed by atoms with Gasteiger partial charge in [-0.05, 0) is 43.0 Å². The van der Waals surface area contributed by atoms with Gasteiger partial charge in [-0.25, -0.2) is 0 Å². The van der Waals surface area contributed by atoms with Gasteiger partial charge < -0.3 is 15.0 Å². The molecule has 1 saturated carbocycles. The van der Waals surface area contributed by atoms with Crippen LogP contribution >= 0.6 is 0 Å². The van der Waals surface area contributed by atoms with E-state index in [1.165, 1.54) is 24.9 Å². The molecule has 1 aromatic carbocycles. The van der Waals surface area contributed by atoms with E-state index in [-0.39, 0.29) is 5.91 Å². The Balaban J connectivity index is 1.43. The number of hydrogen-bond donors (Lipinski definition) is 1. The van der Waals surface area contributed by atoms with Gasteiger partial charge in [0.1, 0.15) is 5.75 Å². The van der Waals surface area contributed by atoms with Gasteiger partial charge in [0.05, 0.1) is 13.7 Å². The lowest BCUT2D eigenvalue weighted by Crippen LogP contribution is -2.51. The Bertz CT molecular complexity index is 553. The van der Waals surface area contributed by atoms with Gasteiger partial charge in [0.15, 0.2) is 0 Å². The summed E-state index contributed by atoms with van der Waals surface area (Å²) in [6.45, 7) is 6.57. The van der Waals surface area contributed by atoms with Crippen LogP contribution in [0.2, 0.25) is 0 Å². The van der Waals surface area contributed by atoms with Gasteiger partial charge in [-0.2, -0.15) is 0 Å². The molecule has 1 saturated heterocycles. The average Bonchev–Trinajstić information content (AvgIpc) is 2.64. The molecule has 1 amide bonds. The van der Waals surface area contributed by atoms with E-state index in [0.29, 0.717) is 18.5 Å². The molecular formula is C20H31N3O2. The maximum Gasteiger partial charge on any atom is 0.234 e. The van der Waals surface area contributed by atoms with E-state index in [1.807, 2.05) is 12.1 Å². The van der Waals surface area contributed by atoms with Crippen LogP contribution in [0.5, 0.6) is 5.75 Å². The van der Waals surface area contributed by atoms with E-state index >= 15 is 0 Å². The van der Waals surface area contributed by atoms with Crippen LogP contribution in [0.4, 0.5) is 5.69 Å². The third-order valence-corrected chi connectivity index (χ3v) is 5.63. The Morgan fingerprint density at radius 1 is 1.12 bits per heavy atom. The number of carbonyl (C=O) groups excluding carboxylic acids is 1. The number of piperazine rings is 1. The molecule has 2 aliphatic rings. The van der Waals surface area contributed by atoms with Crippen LogP contribution in [-0.2, 0) is 4.79 Å². The lowest BCUT2D eigenvalue weighted by atomic mass is 9.86. The van der Waals surface area contributed by atoms with Gasteiger partial charge in [-0.15, -0.1) is 0 Å². The van der Waals surface area contributed by atoms with E-state index in [2.05, 4.69) is 34.2 Å². The summed E-state index contributed by atoms with van der Waals surface area (Å²) in [5, 5.41) is 3.26. The molecule has 2 fully saturated rings. The molecule has 1 heterocycles. The molecule has 0 bridgehead atoms. The Labute approximate surface area is 151 Å². The number of hydrogen-bond acceptors (Lipinski definition) is 4. The fourth-order valence-electron chi connectivity index (χ4n) is 3.94. The number of nitrogens with zero attached hydrogens (tertiary/aromatic N) is 2. The first kappa shape index (κ1) is 18.1. The number of benzene rings is 1. The van der Waals surface area contributed by atoms with Crippen LogP contribution in [-0.4, -0.2) is 56.7 Å². The predicted octanol–water partition coefficient (Wildman–Crippen LogP) is 2.51. The van der Waals surface area contributed by atoms with E-state index in [0.717, 1.165) is 38.3 Å². The molecule has 138 valence electrons. The summed E-state index contributed by atoms with van der Waals surface area (Å²) in [7, 11) is 1.69. The predicted molar refractivity (Wildman–Crippen MR) is 101 cm³/mol. The van der Waals surface area contributed by atoms with Crippen molar-refractivity contribution in [2.45, 2.75) is 38.6 Å². The molecule has 0 radical (unpaired) electrons. The quantitative estimate of drug-likeness (QED) is 0.891. The maximum atomic E-state index is 12.4. The highest BCUT2D eigenvalue weighted by Crippen LogP contribution is 2.24. The fraction of sp³-hybridized carbons (Fsp3) is 0.650. The molecule has 1 aliphatic heterocycles. The van der Waals surface area contributed by atoms with Crippen LogP contribution in [0.1, 0.15) is 32.6 Å². The number of ether oxygens (including phenoxy) is 1. The van der Waals surface area contributed by atoms with Crippen molar-refractivity contribution in [3.05, 3.63) is 24.3 Å². The summed E-state index contributed by atoms with van der Waals surface area (Å²) in [6.07, 6.45) is 4.93. The number of nitrogens with one attached hydrogen (secondary N) is 1. The van der Waals surface area contributed by atoms with Crippen LogP contribution in [0.15, 0.2) is 24.3 Å². The molecule has 1 aliphatic carbocycles. The van der Waals surface area contributed by atoms with Crippen molar-refractivity contribution in [2.24, 2.45) is 5.92 Å². The Hall–Kier alpha value is -1.75. The number of methoxy groups -OCH3 is 1. The first-order valence-corrected chi connectivity index (χ1v) is 9.56. The second kappa shape index (κ2) is 8.56. The van der Waals surface area contributed by atoms with Crippen molar-refractivity contribution in [3.8, 4) is 5.75 Å². The summed E-state index contributed by atoms with van der Waals surface area (Å²) in [6, 6.07) is 8.58. The third kappa shape index (κ3) is 4.88. The number of anilines is 1. The molecule has 3 rings (SSSR count). The zero-order valence-electron chi connectivity index (χ0n) is 15.5. The molecule has 0 spiro atoms. The Morgan fingerprint density at radius 3 is 2.44 bits per heavy atom. The molecule has 1 N–H and O–H groups in total. The topological polar surface area (TPSA) is 44.8 Å². The number of rotatable bonds is 5. The van der Waals surface area contributed by atoms with Crippen molar-refractivity contribution in [2.75, 3.05) is 44.7 Å². The van der Waals surface area contributed by atoms with Gasteiger partial charge >= 0.3 is 0 Å². The van der Waals surface area contributed by atoms with Crippen LogP contribution < -0.4 is 15.0 Å². The van der Waals surface area contributed by atoms with Crippen molar-refractivity contribution in [1.29, 1.82) is 0 Å². The zero-order valence-corrected chi connectivity index (χ0v) is 15.5. The van der Waals surface area contributed by atoms with Crippen LogP contribution in [0, 0.1) is 5.92 Å². The van der Waals surface area contributed by atoms with Gasteiger partial charge in [0.25, 0.3) is 0 Å². The third-order valence-electron chi connectivity index (χ3n) is 5.63.